The van der Waals surface area contributed by atoms with E-state index in [-0.39, 0.29) is 18.7 Å². The number of rotatable bonds is 3. The van der Waals surface area contributed by atoms with Crippen molar-refractivity contribution in [2.45, 2.75) is 32.4 Å². The van der Waals surface area contributed by atoms with Crippen LogP contribution in [0.15, 0.2) is 34.9 Å². The fourth-order valence-corrected chi connectivity index (χ4v) is 2.49. The van der Waals surface area contributed by atoms with Gasteiger partial charge in [-0.25, -0.2) is 4.79 Å². The van der Waals surface area contributed by atoms with Gasteiger partial charge in [-0.3, -0.25) is 4.90 Å². The van der Waals surface area contributed by atoms with Gasteiger partial charge in [0.2, 0.25) is 5.89 Å². The molecule has 1 amide bonds. The molecule has 1 aliphatic heterocycles. The van der Waals surface area contributed by atoms with Crippen molar-refractivity contribution < 1.29 is 14.1 Å². The number of ether oxygens (including phenoxy) is 1. The van der Waals surface area contributed by atoms with E-state index in [2.05, 4.69) is 10.1 Å². The second kappa shape index (κ2) is 5.95. The summed E-state index contributed by atoms with van der Waals surface area (Å²) in [4.78, 5) is 18.1. The summed E-state index contributed by atoms with van der Waals surface area (Å²) in [6, 6.07) is 9.45. The fourth-order valence-electron chi connectivity index (χ4n) is 2.49. The molecule has 0 radical (unpaired) electrons. The van der Waals surface area contributed by atoms with Crippen LogP contribution >= 0.6 is 0 Å². The highest BCUT2D eigenvalue weighted by molar-refractivity contribution is 5.68. The predicted octanol–water partition coefficient (Wildman–Crippen LogP) is 2.85. The van der Waals surface area contributed by atoms with Gasteiger partial charge in [-0.2, -0.15) is 4.98 Å². The molecule has 1 fully saturated rings. The normalized spacial score (nSPS) is 18.0. The van der Waals surface area contributed by atoms with Crippen LogP contribution in [-0.2, 0) is 11.3 Å². The molecule has 110 valence electrons. The van der Waals surface area contributed by atoms with Crippen LogP contribution < -0.4 is 0 Å². The zero-order chi connectivity index (χ0) is 14.7. The Morgan fingerprint density at radius 3 is 2.95 bits per heavy atom. The second-order valence-corrected chi connectivity index (χ2v) is 5.07. The smallest absolute Gasteiger partial charge is 0.410 e. The Labute approximate surface area is 122 Å². The topological polar surface area (TPSA) is 68.5 Å². The number of benzene rings is 1. The van der Waals surface area contributed by atoms with E-state index < -0.39 is 0 Å². The Bertz CT molecular complexity index is 612. The minimum Gasteiger partial charge on any atom is -0.445 e. The Morgan fingerprint density at radius 1 is 1.43 bits per heavy atom. The van der Waals surface area contributed by atoms with Crippen molar-refractivity contribution in [2.75, 3.05) is 6.54 Å². The minimum absolute atomic E-state index is 0.172. The van der Waals surface area contributed by atoms with Gasteiger partial charge in [-0.1, -0.05) is 35.5 Å². The fraction of sp³-hybridized carbons (Fsp3) is 0.400. The number of carbonyl (C=O) groups is 1. The number of carbonyl (C=O) groups excluding carboxylic acids is 1. The van der Waals surface area contributed by atoms with Crippen LogP contribution in [0.2, 0.25) is 0 Å². The molecule has 6 nitrogen and oxygen atoms in total. The molecular weight excluding hydrogens is 270 g/mol. The van der Waals surface area contributed by atoms with Crippen molar-refractivity contribution in [1.29, 1.82) is 0 Å². The molecule has 0 spiro atoms. The summed E-state index contributed by atoms with van der Waals surface area (Å²) >= 11 is 0. The van der Waals surface area contributed by atoms with Gasteiger partial charge in [0.1, 0.15) is 12.6 Å². The number of likely N-dealkylation sites (tertiary alicyclic amines) is 1. The van der Waals surface area contributed by atoms with Gasteiger partial charge in [-0.05, 0) is 25.3 Å². The minimum atomic E-state index is -0.336. The van der Waals surface area contributed by atoms with E-state index in [4.69, 9.17) is 9.26 Å². The van der Waals surface area contributed by atoms with Crippen LogP contribution in [-0.4, -0.2) is 27.7 Å². The summed E-state index contributed by atoms with van der Waals surface area (Å²) in [5, 5.41) is 3.78. The van der Waals surface area contributed by atoms with Crippen molar-refractivity contribution in [2.24, 2.45) is 0 Å². The van der Waals surface area contributed by atoms with Crippen molar-refractivity contribution in [1.82, 2.24) is 15.0 Å². The summed E-state index contributed by atoms with van der Waals surface area (Å²) in [6.45, 7) is 2.69. The molecule has 2 aromatic rings. The molecular formula is C15H17N3O3. The summed E-state index contributed by atoms with van der Waals surface area (Å²) in [5.74, 6) is 1.07. The Hall–Kier alpha value is -2.37. The molecule has 3 rings (SSSR count). The maximum absolute atomic E-state index is 12.2. The first-order chi connectivity index (χ1) is 10.2. The molecule has 2 heterocycles. The zero-order valence-electron chi connectivity index (χ0n) is 11.9. The summed E-state index contributed by atoms with van der Waals surface area (Å²) in [6.07, 6.45) is 1.39. The molecule has 1 aliphatic rings. The molecule has 1 aromatic heterocycles. The number of nitrogens with zero attached hydrogens (tertiary/aromatic N) is 3. The SMILES string of the molecule is Cc1noc(C2CCCN2C(=O)OCc2ccccc2)n1. The Kier molecular flexibility index (Phi) is 3.85. The van der Waals surface area contributed by atoms with Crippen molar-refractivity contribution in [3.63, 3.8) is 0 Å². The first-order valence-corrected chi connectivity index (χ1v) is 7.01. The van der Waals surface area contributed by atoms with Crippen LogP contribution in [0.1, 0.15) is 36.2 Å². The van der Waals surface area contributed by atoms with Crippen LogP contribution in [0.5, 0.6) is 0 Å². The van der Waals surface area contributed by atoms with Crippen molar-refractivity contribution in [3.8, 4) is 0 Å². The number of hydrogen-bond donors (Lipinski definition) is 0. The molecule has 21 heavy (non-hydrogen) atoms. The molecule has 0 saturated carbocycles. The predicted molar refractivity (Wildman–Crippen MR) is 74.3 cm³/mol. The van der Waals surface area contributed by atoms with Gasteiger partial charge in [0, 0.05) is 6.54 Å². The van der Waals surface area contributed by atoms with E-state index in [9.17, 15) is 4.79 Å². The molecule has 0 aliphatic carbocycles. The molecule has 0 N–H and O–H groups in total. The highest BCUT2D eigenvalue weighted by Gasteiger charge is 2.34. The first kappa shape index (κ1) is 13.6. The maximum atomic E-state index is 12.2. The quantitative estimate of drug-likeness (QED) is 0.868. The van der Waals surface area contributed by atoms with E-state index in [1.165, 1.54) is 0 Å². The molecule has 6 heteroatoms. The van der Waals surface area contributed by atoms with E-state index in [0.717, 1.165) is 18.4 Å². The first-order valence-electron chi connectivity index (χ1n) is 7.01. The van der Waals surface area contributed by atoms with Gasteiger partial charge >= 0.3 is 6.09 Å². The van der Waals surface area contributed by atoms with Crippen molar-refractivity contribution in [3.05, 3.63) is 47.6 Å². The summed E-state index contributed by atoms with van der Waals surface area (Å²) in [5.41, 5.74) is 0.968. The second-order valence-electron chi connectivity index (χ2n) is 5.07. The van der Waals surface area contributed by atoms with Crippen LogP contribution in [0.25, 0.3) is 0 Å². The zero-order valence-corrected chi connectivity index (χ0v) is 11.9. The Balaban J connectivity index is 1.63. The monoisotopic (exact) mass is 287 g/mol. The lowest BCUT2D eigenvalue weighted by molar-refractivity contribution is 0.0865. The average molecular weight is 287 g/mol. The van der Waals surface area contributed by atoms with Gasteiger partial charge in [0.25, 0.3) is 0 Å². The molecule has 0 bridgehead atoms. The number of amides is 1. The lowest BCUT2D eigenvalue weighted by Crippen LogP contribution is -2.31. The standard InChI is InChI=1S/C15H17N3O3/c1-11-16-14(21-17-11)13-8-5-9-18(13)15(19)20-10-12-6-3-2-4-7-12/h2-4,6-7,13H,5,8-10H2,1H3. The van der Waals surface area contributed by atoms with Gasteiger partial charge in [-0.15, -0.1) is 0 Å². The highest BCUT2D eigenvalue weighted by atomic mass is 16.6. The van der Waals surface area contributed by atoms with Crippen molar-refractivity contribution >= 4 is 6.09 Å². The van der Waals surface area contributed by atoms with E-state index in [1.807, 2.05) is 30.3 Å². The average Bonchev–Trinajstić information content (AvgIpc) is 3.14. The largest absolute Gasteiger partial charge is 0.445 e. The third-order valence-electron chi connectivity index (χ3n) is 3.52. The van der Waals surface area contributed by atoms with E-state index >= 15 is 0 Å². The lowest BCUT2D eigenvalue weighted by atomic mass is 10.2. The molecule has 1 unspecified atom stereocenters. The van der Waals surface area contributed by atoms with E-state index in [0.29, 0.717) is 18.3 Å². The highest BCUT2D eigenvalue weighted by Crippen LogP contribution is 2.31. The molecule has 1 atom stereocenters. The maximum Gasteiger partial charge on any atom is 0.410 e. The van der Waals surface area contributed by atoms with Crippen LogP contribution in [0.4, 0.5) is 4.79 Å². The molecule has 1 saturated heterocycles. The Morgan fingerprint density at radius 2 is 2.24 bits per heavy atom. The van der Waals surface area contributed by atoms with Gasteiger partial charge < -0.3 is 9.26 Å². The van der Waals surface area contributed by atoms with Crippen LogP contribution in [0, 0.1) is 6.92 Å². The van der Waals surface area contributed by atoms with Gasteiger partial charge in [0.05, 0.1) is 0 Å². The summed E-state index contributed by atoms with van der Waals surface area (Å²) in [7, 11) is 0. The third kappa shape index (κ3) is 3.04. The number of hydrogen-bond acceptors (Lipinski definition) is 5. The number of aromatic nitrogens is 2. The number of aryl methyl sites for hydroxylation is 1. The lowest BCUT2D eigenvalue weighted by Gasteiger charge is -2.21. The summed E-state index contributed by atoms with van der Waals surface area (Å²) < 4.78 is 10.5. The molecule has 1 aromatic carbocycles. The van der Waals surface area contributed by atoms with Crippen LogP contribution in [0.3, 0.4) is 0 Å². The van der Waals surface area contributed by atoms with E-state index in [1.54, 1.807) is 11.8 Å². The third-order valence-corrected chi connectivity index (χ3v) is 3.52. The van der Waals surface area contributed by atoms with Gasteiger partial charge in [0.15, 0.2) is 5.82 Å².